The van der Waals surface area contributed by atoms with Gasteiger partial charge in [0, 0.05) is 22.7 Å². The maximum absolute atomic E-state index is 13.7. The van der Waals surface area contributed by atoms with Crippen LogP contribution in [-0.4, -0.2) is 6.04 Å². The molecule has 1 aliphatic rings. The van der Waals surface area contributed by atoms with E-state index in [4.69, 9.17) is 11.6 Å². The zero-order valence-corrected chi connectivity index (χ0v) is 10.2. The lowest BCUT2D eigenvalue weighted by molar-refractivity contribution is 0.447. The Balaban J connectivity index is 2.10. The van der Waals surface area contributed by atoms with Crippen LogP contribution in [0.2, 0.25) is 5.02 Å². The first-order valence-electron chi connectivity index (χ1n) is 5.88. The van der Waals surface area contributed by atoms with Gasteiger partial charge in [-0.3, -0.25) is 0 Å². The Morgan fingerprint density at radius 3 is 2.69 bits per heavy atom. The molecule has 1 nitrogen and oxygen atoms in total. The van der Waals surface area contributed by atoms with E-state index < -0.39 is 0 Å². The topological polar surface area (TPSA) is 12.0 Å². The van der Waals surface area contributed by atoms with Gasteiger partial charge in [-0.1, -0.05) is 30.5 Å². The molecule has 1 aromatic rings. The predicted molar refractivity (Wildman–Crippen MR) is 65.2 cm³/mol. The summed E-state index contributed by atoms with van der Waals surface area (Å²) in [6, 6.07) is 5.35. The van der Waals surface area contributed by atoms with Crippen molar-refractivity contribution in [3.8, 4) is 0 Å². The average Bonchev–Trinajstić information content (AvgIpc) is 2.70. The summed E-state index contributed by atoms with van der Waals surface area (Å²) >= 11 is 6.03. The lowest BCUT2D eigenvalue weighted by Crippen LogP contribution is -2.29. The molecule has 1 saturated carbocycles. The number of rotatable bonds is 3. The van der Waals surface area contributed by atoms with Crippen LogP contribution in [0.3, 0.4) is 0 Å². The Labute approximate surface area is 101 Å². The van der Waals surface area contributed by atoms with E-state index >= 15 is 0 Å². The van der Waals surface area contributed by atoms with Gasteiger partial charge in [-0.15, -0.1) is 0 Å². The zero-order chi connectivity index (χ0) is 11.5. The van der Waals surface area contributed by atoms with E-state index in [1.54, 1.807) is 12.1 Å². The highest BCUT2D eigenvalue weighted by atomic mass is 35.5. The van der Waals surface area contributed by atoms with Crippen LogP contribution in [0.1, 0.15) is 44.2 Å². The van der Waals surface area contributed by atoms with Crippen molar-refractivity contribution in [2.24, 2.45) is 0 Å². The monoisotopic (exact) mass is 241 g/mol. The van der Waals surface area contributed by atoms with Crippen LogP contribution in [0.15, 0.2) is 18.2 Å². The Bertz CT molecular complexity index is 341. The van der Waals surface area contributed by atoms with Crippen molar-refractivity contribution in [3.05, 3.63) is 34.6 Å². The van der Waals surface area contributed by atoms with Crippen molar-refractivity contribution in [1.82, 2.24) is 5.32 Å². The average molecular weight is 242 g/mol. The largest absolute Gasteiger partial charge is 0.307 e. The first-order valence-corrected chi connectivity index (χ1v) is 6.26. The van der Waals surface area contributed by atoms with E-state index in [1.807, 2.05) is 6.92 Å². The van der Waals surface area contributed by atoms with Crippen molar-refractivity contribution in [2.45, 2.75) is 44.7 Å². The second-order valence-electron chi connectivity index (χ2n) is 4.51. The van der Waals surface area contributed by atoms with Crippen molar-refractivity contribution in [3.63, 3.8) is 0 Å². The number of hydrogen-bond donors (Lipinski definition) is 1. The van der Waals surface area contributed by atoms with E-state index in [1.165, 1.54) is 31.7 Å². The van der Waals surface area contributed by atoms with Gasteiger partial charge in [0.15, 0.2) is 0 Å². The minimum atomic E-state index is -0.217. The summed E-state index contributed by atoms with van der Waals surface area (Å²) in [4.78, 5) is 0. The second-order valence-corrected chi connectivity index (χ2v) is 4.91. The van der Waals surface area contributed by atoms with Crippen LogP contribution in [0, 0.1) is 5.82 Å². The summed E-state index contributed by atoms with van der Waals surface area (Å²) in [6.07, 6.45) is 4.93. The molecule has 0 heterocycles. The lowest BCUT2D eigenvalue weighted by atomic mass is 10.1. The SMILES string of the molecule is CC(NC1CCCC1)c1c(F)cccc1Cl. The van der Waals surface area contributed by atoms with Crippen LogP contribution >= 0.6 is 11.6 Å². The van der Waals surface area contributed by atoms with Crippen molar-refractivity contribution >= 4 is 11.6 Å². The van der Waals surface area contributed by atoms with Gasteiger partial charge in [0.2, 0.25) is 0 Å². The standard InChI is InChI=1S/C13H17ClFN/c1-9(16-10-5-2-3-6-10)13-11(14)7-4-8-12(13)15/h4,7-10,16H,2-3,5-6H2,1H3. The highest BCUT2D eigenvalue weighted by molar-refractivity contribution is 6.31. The molecule has 1 aromatic carbocycles. The molecule has 0 bridgehead atoms. The lowest BCUT2D eigenvalue weighted by Gasteiger charge is -2.20. The molecule has 3 heteroatoms. The second kappa shape index (κ2) is 5.15. The fraction of sp³-hybridized carbons (Fsp3) is 0.538. The first kappa shape index (κ1) is 11.9. The molecular weight excluding hydrogens is 225 g/mol. The highest BCUT2D eigenvalue weighted by Gasteiger charge is 2.20. The van der Waals surface area contributed by atoms with Crippen LogP contribution in [0.5, 0.6) is 0 Å². The molecule has 1 fully saturated rings. The Kier molecular flexibility index (Phi) is 3.82. The van der Waals surface area contributed by atoms with Crippen molar-refractivity contribution in [2.75, 3.05) is 0 Å². The molecule has 2 rings (SSSR count). The van der Waals surface area contributed by atoms with Gasteiger partial charge >= 0.3 is 0 Å². The summed E-state index contributed by atoms with van der Waals surface area (Å²) in [6.45, 7) is 1.97. The van der Waals surface area contributed by atoms with E-state index in [9.17, 15) is 4.39 Å². The van der Waals surface area contributed by atoms with Gasteiger partial charge in [-0.05, 0) is 31.9 Å². The number of hydrogen-bond acceptors (Lipinski definition) is 1. The van der Waals surface area contributed by atoms with E-state index in [0.717, 1.165) is 0 Å². The third-order valence-electron chi connectivity index (χ3n) is 3.27. The summed E-state index contributed by atoms with van der Waals surface area (Å²) in [7, 11) is 0. The minimum Gasteiger partial charge on any atom is -0.307 e. The number of benzene rings is 1. The van der Waals surface area contributed by atoms with Crippen molar-refractivity contribution < 1.29 is 4.39 Å². The smallest absolute Gasteiger partial charge is 0.129 e. The molecule has 1 aliphatic carbocycles. The molecule has 88 valence electrons. The fourth-order valence-electron chi connectivity index (χ4n) is 2.45. The van der Waals surface area contributed by atoms with Gasteiger partial charge in [0.25, 0.3) is 0 Å². The van der Waals surface area contributed by atoms with Crippen molar-refractivity contribution in [1.29, 1.82) is 0 Å². The van der Waals surface area contributed by atoms with Crippen LogP contribution in [-0.2, 0) is 0 Å². The quantitative estimate of drug-likeness (QED) is 0.841. The number of halogens is 2. The van der Waals surface area contributed by atoms with Gasteiger partial charge in [-0.2, -0.15) is 0 Å². The fourth-order valence-corrected chi connectivity index (χ4v) is 2.78. The van der Waals surface area contributed by atoms with E-state index in [0.29, 0.717) is 16.6 Å². The van der Waals surface area contributed by atoms with Crippen LogP contribution < -0.4 is 5.32 Å². The van der Waals surface area contributed by atoms with Gasteiger partial charge in [-0.25, -0.2) is 4.39 Å². The summed E-state index contributed by atoms with van der Waals surface area (Å²) in [5.74, 6) is -0.217. The third-order valence-corrected chi connectivity index (χ3v) is 3.60. The highest BCUT2D eigenvalue weighted by Crippen LogP contribution is 2.28. The van der Waals surface area contributed by atoms with Crippen LogP contribution in [0.4, 0.5) is 4.39 Å². The molecule has 1 atom stereocenters. The molecule has 0 saturated heterocycles. The van der Waals surface area contributed by atoms with Gasteiger partial charge < -0.3 is 5.32 Å². The molecule has 16 heavy (non-hydrogen) atoms. The molecule has 0 amide bonds. The normalized spacial score (nSPS) is 18.9. The Morgan fingerprint density at radius 2 is 2.06 bits per heavy atom. The molecule has 1 N–H and O–H groups in total. The van der Waals surface area contributed by atoms with E-state index in [-0.39, 0.29) is 11.9 Å². The summed E-state index contributed by atoms with van der Waals surface area (Å²) in [5, 5.41) is 3.96. The maximum Gasteiger partial charge on any atom is 0.129 e. The molecule has 0 radical (unpaired) electrons. The third kappa shape index (κ3) is 2.55. The molecular formula is C13H17ClFN. The zero-order valence-electron chi connectivity index (χ0n) is 9.47. The summed E-state index contributed by atoms with van der Waals surface area (Å²) < 4.78 is 13.7. The summed E-state index contributed by atoms with van der Waals surface area (Å²) in [5.41, 5.74) is 0.594. The molecule has 0 aliphatic heterocycles. The van der Waals surface area contributed by atoms with Crippen LogP contribution in [0.25, 0.3) is 0 Å². The first-order chi connectivity index (χ1) is 7.68. The maximum atomic E-state index is 13.7. The molecule has 0 spiro atoms. The van der Waals surface area contributed by atoms with E-state index in [2.05, 4.69) is 5.32 Å². The Hall–Kier alpha value is -0.600. The number of nitrogens with one attached hydrogen (secondary N) is 1. The predicted octanol–water partition coefficient (Wildman–Crippen LogP) is 4.07. The van der Waals surface area contributed by atoms with Gasteiger partial charge in [0.1, 0.15) is 5.82 Å². The Morgan fingerprint density at radius 1 is 1.38 bits per heavy atom. The minimum absolute atomic E-state index is 0.0169. The molecule has 0 aromatic heterocycles. The van der Waals surface area contributed by atoms with Gasteiger partial charge in [0.05, 0.1) is 0 Å². The molecule has 1 unspecified atom stereocenters.